The highest BCUT2D eigenvalue weighted by Crippen LogP contribution is 2.38. The van der Waals surface area contributed by atoms with Gasteiger partial charge in [-0.15, -0.1) is 0 Å². The van der Waals surface area contributed by atoms with Crippen molar-refractivity contribution in [1.29, 1.82) is 0 Å². The molecule has 0 N–H and O–H groups in total. The molecule has 0 unspecified atom stereocenters. The first-order valence-corrected chi connectivity index (χ1v) is 9.11. The molecule has 0 atom stereocenters. The average molecular weight is 331 g/mol. The summed E-state index contributed by atoms with van der Waals surface area (Å²) in [5.41, 5.74) is 0.841. The second-order valence-electron chi connectivity index (χ2n) is 4.89. The van der Waals surface area contributed by atoms with Crippen LogP contribution in [0.1, 0.15) is 18.9 Å². The van der Waals surface area contributed by atoms with Crippen LogP contribution < -0.4 is 9.47 Å². The van der Waals surface area contributed by atoms with Crippen LogP contribution in [0.3, 0.4) is 0 Å². The zero-order valence-corrected chi connectivity index (χ0v) is 13.5. The van der Waals surface area contributed by atoms with Gasteiger partial charge in [0, 0.05) is 6.42 Å². The van der Waals surface area contributed by atoms with Crippen molar-refractivity contribution in [2.45, 2.75) is 19.8 Å². The largest absolute Gasteiger partial charge is 0.489 e. The van der Waals surface area contributed by atoms with Gasteiger partial charge in [0.1, 0.15) is 0 Å². The number of rotatable bonds is 5. The number of halogens is 1. The van der Waals surface area contributed by atoms with Crippen LogP contribution in [0.2, 0.25) is 5.02 Å². The maximum atomic E-state index is 11.9. The molecule has 6 heteroatoms. The fourth-order valence-electron chi connectivity index (χ4n) is 2.03. The van der Waals surface area contributed by atoms with Crippen LogP contribution in [0.15, 0.2) is 24.3 Å². The van der Waals surface area contributed by atoms with E-state index in [1.807, 2.05) is 6.07 Å². The molecule has 0 spiro atoms. The summed E-state index contributed by atoms with van der Waals surface area (Å²) in [5.74, 6) is 1.31. The zero-order chi connectivity index (χ0) is 15.3. The van der Waals surface area contributed by atoms with Crippen molar-refractivity contribution in [3.05, 3.63) is 34.9 Å². The summed E-state index contributed by atoms with van der Waals surface area (Å²) in [6.45, 7) is 2.95. The highest BCUT2D eigenvalue weighted by Gasteiger charge is 2.17. The van der Waals surface area contributed by atoms with Gasteiger partial charge in [-0.25, -0.2) is 8.42 Å². The molecular formula is C15H19ClO4S. The lowest BCUT2D eigenvalue weighted by Crippen LogP contribution is -2.11. The highest BCUT2D eigenvalue weighted by atomic mass is 35.5. The molecule has 0 bridgehead atoms. The van der Waals surface area contributed by atoms with Crippen molar-refractivity contribution in [2.75, 3.05) is 24.7 Å². The molecule has 1 heterocycles. The molecule has 0 fully saturated rings. The van der Waals surface area contributed by atoms with Gasteiger partial charge in [-0.2, -0.15) is 0 Å². The van der Waals surface area contributed by atoms with Gasteiger partial charge in [-0.05, 0) is 31.0 Å². The van der Waals surface area contributed by atoms with Crippen molar-refractivity contribution in [2.24, 2.45) is 0 Å². The Balaban J connectivity index is 2.11. The molecule has 0 aliphatic carbocycles. The van der Waals surface area contributed by atoms with E-state index >= 15 is 0 Å². The van der Waals surface area contributed by atoms with Crippen LogP contribution in [0.5, 0.6) is 11.5 Å². The van der Waals surface area contributed by atoms with Crippen molar-refractivity contribution in [3.63, 3.8) is 0 Å². The number of sulfone groups is 1. The van der Waals surface area contributed by atoms with Gasteiger partial charge >= 0.3 is 0 Å². The topological polar surface area (TPSA) is 52.6 Å². The summed E-state index contributed by atoms with van der Waals surface area (Å²) in [5, 5.41) is 0.468. The Hall–Kier alpha value is -1.20. The second-order valence-corrected chi connectivity index (χ2v) is 7.52. The van der Waals surface area contributed by atoms with Crippen LogP contribution in [-0.2, 0) is 16.3 Å². The molecular weight excluding hydrogens is 312 g/mol. The SMILES string of the molecule is CC=CCS(=O)(=O)CCc1cc(Cl)c2c(c1)OCCCO2. The van der Waals surface area contributed by atoms with Crippen LogP contribution in [-0.4, -0.2) is 33.1 Å². The van der Waals surface area contributed by atoms with E-state index in [1.54, 1.807) is 25.1 Å². The summed E-state index contributed by atoms with van der Waals surface area (Å²) in [6, 6.07) is 3.57. The fraction of sp³-hybridized carbons (Fsp3) is 0.467. The molecule has 0 amide bonds. The summed E-state index contributed by atoms with van der Waals surface area (Å²) in [7, 11) is -3.09. The minimum atomic E-state index is -3.09. The molecule has 21 heavy (non-hydrogen) atoms. The number of hydrogen-bond donors (Lipinski definition) is 0. The third-order valence-corrected chi connectivity index (χ3v) is 4.96. The Morgan fingerprint density at radius 3 is 2.81 bits per heavy atom. The summed E-state index contributed by atoms with van der Waals surface area (Å²) in [4.78, 5) is 0. The van der Waals surface area contributed by atoms with Crippen LogP contribution in [0, 0.1) is 0 Å². The fourth-order valence-corrected chi connectivity index (χ4v) is 3.51. The first kappa shape index (κ1) is 16.2. The molecule has 1 aromatic carbocycles. The van der Waals surface area contributed by atoms with E-state index in [0.717, 1.165) is 12.0 Å². The first-order valence-electron chi connectivity index (χ1n) is 6.91. The van der Waals surface area contributed by atoms with Gasteiger partial charge in [0.2, 0.25) is 0 Å². The van der Waals surface area contributed by atoms with Crippen molar-refractivity contribution in [3.8, 4) is 11.5 Å². The average Bonchev–Trinajstić information content (AvgIpc) is 2.69. The Labute approximate surface area is 130 Å². The highest BCUT2D eigenvalue weighted by molar-refractivity contribution is 7.91. The molecule has 0 radical (unpaired) electrons. The number of benzene rings is 1. The maximum Gasteiger partial charge on any atom is 0.179 e. The molecule has 1 aromatic rings. The van der Waals surface area contributed by atoms with Gasteiger partial charge in [0.15, 0.2) is 21.3 Å². The number of fused-ring (bicyclic) bond motifs is 1. The number of ether oxygens (including phenoxy) is 2. The lowest BCUT2D eigenvalue weighted by Gasteiger charge is -2.11. The van der Waals surface area contributed by atoms with E-state index in [0.29, 0.717) is 36.2 Å². The third kappa shape index (κ3) is 4.64. The Morgan fingerprint density at radius 1 is 1.29 bits per heavy atom. The van der Waals surface area contributed by atoms with Crippen molar-refractivity contribution < 1.29 is 17.9 Å². The van der Waals surface area contributed by atoms with E-state index in [9.17, 15) is 8.42 Å². The molecule has 0 saturated carbocycles. The van der Waals surface area contributed by atoms with E-state index in [-0.39, 0.29) is 11.5 Å². The molecule has 116 valence electrons. The van der Waals surface area contributed by atoms with E-state index in [2.05, 4.69) is 0 Å². The monoisotopic (exact) mass is 330 g/mol. The standard InChI is InChI=1S/C15H19ClO4S/c1-2-3-8-21(17,18)9-5-12-10-13(16)15-14(11-12)19-6-4-7-20-15/h2-3,10-11H,4-9H2,1H3. The van der Waals surface area contributed by atoms with Gasteiger partial charge in [-0.3, -0.25) is 0 Å². The van der Waals surface area contributed by atoms with Crippen molar-refractivity contribution in [1.82, 2.24) is 0 Å². The lowest BCUT2D eigenvalue weighted by atomic mass is 10.1. The molecule has 2 rings (SSSR count). The minimum Gasteiger partial charge on any atom is -0.489 e. The Bertz CT molecular complexity index is 623. The third-order valence-electron chi connectivity index (χ3n) is 3.15. The maximum absolute atomic E-state index is 11.9. The van der Waals surface area contributed by atoms with E-state index in [1.165, 1.54) is 0 Å². The molecule has 1 aliphatic heterocycles. The lowest BCUT2D eigenvalue weighted by molar-refractivity contribution is 0.297. The normalized spacial score (nSPS) is 15.1. The minimum absolute atomic E-state index is 0.0712. The van der Waals surface area contributed by atoms with E-state index in [4.69, 9.17) is 21.1 Å². The smallest absolute Gasteiger partial charge is 0.179 e. The molecule has 0 saturated heterocycles. The zero-order valence-electron chi connectivity index (χ0n) is 12.0. The summed E-state index contributed by atoms with van der Waals surface area (Å²) >= 11 is 6.19. The van der Waals surface area contributed by atoms with Gasteiger partial charge in [0.25, 0.3) is 0 Å². The van der Waals surface area contributed by atoms with Crippen LogP contribution in [0.25, 0.3) is 0 Å². The molecule has 1 aliphatic rings. The summed E-state index contributed by atoms with van der Waals surface area (Å²) < 4.78 is 34.8. The van der Waals surface area contributed by atoms with Gasteiger partial charge in [-0.1, -0.05) is 23.8 Å². The number of aryl methyl sites for hydroxylation is 1. The van der Waals surface area contributed by atoms with Crippen LogP contribution >= 0.6 is 11.6 Å². The van der Waals surface area contributed by atoms with Crippen molar-refractivity contribution >= 4 is 21.4 Å². The second kappa shape index (κ2) is 7.18. The van der Waals surface area contributed by atoms with Crippen LogP contribution in [0.4, 0.5) is 0 Å². The predicted molar refractivity (Wildman–Crippen MR) is 84.2 cm³/mol. The van der Waals surface area contributed by atoms with E-state index < -0.39 is 9.84 Å². The Kier molecular flexibility index (Phi) is 5.53. The number of allylic oxidation sites excluding steroid dienone is 1. The first-order chi connectivity index (χ1) is 10.0. The van der Waals surface area contributed by atoms with Gasteiger partial charge < -0.3 is 9.47 Å². The predicted octanol–water partition coefficient (Wildman–Crippen LogP) is 3.03. The number of hydrogen-bond acceptors (Lipinski definition) is 4. The Morgan fingerprint density at radius 2 is 2.05 bits per heavy atom. The molecule has 4 nitrogen and oxygen atoms in total. The van der Waals surface area contributed by atoms with Gasteiger partial charge in [0.05, 0.1) is 29.7 Å². The summed E-state index contributed by atoms with van der Waals surface area (Å²) in [6.07, 6.45) is 4.60. The molecule has 0 aromatic heterocycles. The quantitative estimate of drug-likeness (QED) is 0.779.